The molecule has 1 atom stereocenters. The molecular formula is C19H28N2O4. The zero-order chi connectivity index (χ0) is 18.4. The lowest BCUT2D eigenvalue weighted by molar-refractivity contribution is 0.0247. The number of ether oxygens (including phenoxy) is 2. The maximum Gasteiger partial charge on any atom is 0.410 e. The van der Waals surface area contributed by atoms with Crippen molar-refractivity contribution in [3.8, 4) is 0 Å². The number of hydrogen-bond acceptors (Lipinski definition) is 4. The summed E-state index contributed by atoms with van der Waals surface area (Å²) in [5.74, 6) is 0. The summed E-state index contributed by atoms with van der Waals surface area (Å²) in [5, 5.41) is 0. The SMILES string of the molecule is CN(C[C@H]1CCCN1C(=O)OCc1ccccc1)C(=O)OC(C)(C)C. The van der Waals surface area contributed by atoms with E-state index in [2.05, 4.69) is 0 Å². The van der Waals surface area contributed by atoms with Crippen molar-refractivity contribution >= 4 is 12.2 Å². The normalized spacial score (nSPS) is 17.3. The molecule has 1 fully saturated rings. The van der Waals surface area contributed by atoms with Crippen molar-refractivity contribution in [2.24, 2.45) is 0 Å². The highest BCUT2D eigenvalue weighted by Crippen LogP contribution is 2.20. The summed E-state index contributed by atoms with van der Waals surface area (Å²) in [6, 6.07) is 9.56. The van der Waals surface area contributed by atoms with Crippen molar-refractivity contribution in [1.29, 1.82) is 0 Å². The number of nitrogens with zero attached hydrogens (tertiary/aromatic N) is 2. The second-order valence-electron chi connectivity index (χ2n) is 7.39. The van der Waals surface area contributed by atoms with Crippen LogP contribution in [0.25, 0.3) is 0 Å². The van der Waals surface area contributed by atoms with Gasteiger partial charge in [0.05, 0.1) is 6.04 Å². The largest absolute Gasteiger partial charge is 0.445 e. The summed E-state index contributed by atoms with van der Waals surface area (Å²) in [5.41, 5.74) is 0.424. The van der Waals surface area contributed by atoms with E-state index in [4.69, 9.17) is 9.47 Å². The third-order valence-electron chi connectivity index (χ3n) is 4.01. The molecule has 0 aromatic heterocycles. The van der Waals surface area contributed by atoms with Gasteiger partial charge in [-0.1, -0.05) is 30.3 Å². The second-order valence-corrected chi connectivity index (χ2v) is 7.39. The molecule has 1 aliphatic rings. The summed E-state index contributed by atoms with van der Waals surface area (Å²) in [6.45, 7) is 6.85. The van der Waals surface area contributed by atoms with Crippen LogP contribution in [0, 0.1) is 0 Å². The first-order valence-corrected chi connectivity index (χ1v) is 8.68. The molecule has 0 radical (unpaired) electrons. The van der Waals surface area contributed by atoms with Crippen LogP contribution in [-0.2, 0) is 16.1 Å². The molecule has 0 spiro atoms. The molecule has 2 amide bonds. The highest BCUT2D eigenvalue weighted by atomic mass is 16.6. The Bertz CT molecular complexity index is 583. The third kappa shape index (κ3) is 5.96. The van der Waals surface area contributed by atoms with Crippen LogP contribution in [-0.4, -0.2) is 53.8 Å². The number of amides is 2. The van der Waals surface area contributed by atoms with Crippen molar-refractivity contribution in [3.05, 3.63) is 35.9 Å². The van der Waals surface area contributed by atoms with E-state index >= 15 is 0 Å². The smallest absolute Gasteiger partial charge is 0.410 e. The molecule has 0 aliphatic carbocycles. The Morgan fingerprint density at radius 3 is 2.56 bits per heavy atom. The van der Waals surface area contributed by atoms with E-state index in [9.17, 15) is 9.59 Å². The molecule has 1 aromatic rings. The molecule has 0 bridgehead atoms. The lowest BCUT2D eigenvalue weighted by Crippen LogP contribution is -2.45. The average Bonchev–Trinajstić information content (AvgIpc) is 3.00. The fourth-order valence-electron chi connectivity index (χ4n) is 2.80. The van der Waals surface area contributed by atoms with E-state index in [1.807, 2.05) is 51.1 Å². The summed E-state index contributed by atoms with van der Waals surface area (Å²) < 4.78 is 10.8. The predicted molar refractivity (Wildman–Crippen MR) is 95.2 cm³/mol. The first-order valence-electron chi connectivity index (χ1n) is 8.68. The molecule has 0 N–H and O–H groups in total. The number of rotatable bonds is 4. The van der Waals surface area contributed by atoms with Crippen molar-refractivity contribution < 1.29 is 19.1 Å². The first kappa shape index (κ1) is 19.1. The topological polar surface area (TPSA) is 59.1 Å². The number of carbonyl (C=O) groups is 2. The standard InChI is InChI=1S/C19H28N2O4/c1-19(2,3)25-17(22)20(4)13-16-11-8-12-21(16)18(23)24-14-15-9-6-5-7-10-15/h5-7,9-10,16H,8,11-14H2,1-4H3/t16-/m1/s1. The summed E-state index contributed by atoms with van der Waals surface area (Å²) in [4.78, 5) is 27.7. The first-order chi connectivity index (χ1) is 11.8. The van der Waals surface area contributed by atoms with Crippen LogP contribution in [0.3, 0.4) is 0 Å². The van der Waals surface area contributed by atoms with Gasteiger partial charge in [0.15, 0.2) is 0 Å². The van der Waals surface area contributed by atoms with Gasteiger partial charge in [-0.25, -0.2) is 9.59 Å². The van der Waals surface area contributed by atoms with Crippen LogP contribution in [0.15, 0.2) is 30.3 Å². The monoisotopic (exact) mass is 348 g/mol. The molecule has 6 nitrogen and oxygen atoms in total. The molecule has 6 heteroatoms. The minimum atomic E-state index is -0.532. The van der Waals surface area contributed by atoms with Gasteiger partial charge in [0.1, 0.15) is 12.2 Å². The molecule has 2 rings (SSSR count). The molecule has 1 heterocycles. The van der Waals surface area contributed by atoms with E-state index < -0.39 is 5.60 Å². The quantitative estimate of drug-likeness (QED) is 0.833. The highest BCUT2D eigenvalue weighted by molar-refractivity contribution is 5.69. The molecular weight excluding hydrogens is 320 g/mol. The van der Waals surface area contributed by atoms with Gasteiger partial charge in [-0.05, 0) is 39.2 Å². The zero-order valence-electron chi connectivity index (χ0n) is 15.5. The lowest BCUT2D eigenvalue weighted by atomic mass is 10.2. The van der Waals surface area contributed by atoms with Gasteiger partial charge < -0.3 is 19.3 Å². The summed E-state index contributed by atoms with van der Waals surface area (Å²) in [7, 11) is 1.69. The van der Waals surface area contributed by atoms with Gasteiger partial charge in [0.25, 0.3) is 0 Å². The highest BCUT2D eigenvalue weighted by Gasteiger charge is 2.32. The molecule has 0 saturated carbocycles. The Balaban J connectivity index is 1.86. The van der Waals surface area contributed by atoms with Crippen molar-refractivity contribution in [2.75, 3.05) is 20.1 Å². The van der Waals surface area contributed by atoms with Crippen molar-refractivity contribution in [3.63, 3.8) is 0 Å². The summed E-state index contributed by atoms with van der Waals surface area (Å²) in [6.07, 6.45) is 1.06. The lowest BCUT2D eigenvalue weighted by Gasteiger charge is -2.30. The molecule has 138 valence electrons. The van der Waals surface area contributed by atoms with Crippen LogP contribution in [0.1, 0.15) is 39.2 Å². The second kappa shape index (κ2) is 8.23. The maximum atomic E-state index is 12.4. The third-order valence-corrected chi connectivity index (χ3v) is 4.01. The van der Waals surface area contributed by atoms with Gasteiger partial charge in [-0.15, -0.1) is 0 Å². The molecule has 25 heavy (non-hydrogen) atoms. The fraction of sp³-hybridized carbons (Fsp3) is 0.579. The average molecular weight is 348 g/mol. The van der Waals surface area contributed by atoms with E-state index in [0.29, 0.717) is 13.1 Å². The molecule has 1 saturated heterocycles. The number of benzene rings is 1. The number of likely N-dealkylation sites (tertiary alicyclic amines) is 1. The fourth-order valence-corrected chi connectivity index (χ4v) is 2.80. The van der Waals surface area contributed by atoms with Gasteiger partial charge in [0.2, 0.25) is 0 Å². The Hall–Kier alpha value is -2.24. The van der Waals surface area contributed by atoms with E-state index in [1.54, 1.807) is 11.9 Å². The van der Waals surface area contributed by atoms with Gasteiger partial charge in [-0.3, -0.25) is 0 Å². The molecule has 1 aliphatic heterocycles. The van der Waals surface area contributed by atoms with Gasteiger partial charge >= 0.3 is 12.2 Å². The maximum absolute atomic E-state index is 12.4. The van der Waals surface area contributed by atoms with Crippen molar-refractivity contribution in [2.45, 2.75) is 51.9 Å². The summed E-state index contributed by atoms with van der Waals surface area (Å²) >= 11 is 0. The minimum Gasteiger partial charge on any atom is -0.445 e. The van der Waals surface area contributed by atoms with Crippen LogP contribution >= 0.6 is 0 Å². The number of carbonyl (C=O) groups excluding carboxylic acids is 2. The van der Waals surface area contributed by atoms with Crippen molar-refractivity contribution in [1.82, 2.24) is 9.80 Å². The van der Waals surface area contributed by atoms with E-state index in [0.717, 1.165) is 18.4 Å². The molecule has 0 unspecified atom stereocenters. The predicted octanol–water partition coefficient (Wildman–Crippen LogP) is 3.65. The molecule has 1 aromatic carbocycles. The minimum absolute atomic E-state index is 0.0409. The Kier molecular flexibility index (Phi) is 6.28. The number of hydrogen-bond donors (Lipinski definition) is 0. The van der Waals surface area contributed by atoms with Crippen LogP contribution in [0.5, 0.6) is 0 Å². The van der Waals surface area contributed by atoms with Crippen LogP contribution in [0.2, 0.25) is 0 Å². The van der Waals surface area contributed by atoms with Gasteiger partial charge in [-0.2, -0.15) is 0 Å². The Morgan fingerprint density at radius 1 is 1.24 bits per heavy atom. The van der Waals surface area contributed by atoms with E-state index in [1.165, 1.54) is 4.90 Å². The van der Waals surface area contributed by atoms with Crippen LogP contribution < -0.4 is 0 Å². The van der Waals surface area contributed by atoms with E-state index in [-0.39, 0.29) is 24.8 Å². The Labute approximate surface area is 149 Å². The van der Waals surface area contributed by atoms with Crippen LogP contribution in [0.4, 0.5) is 9.59 Å². The Morgan fingerprint density at radius 2 is 1.92 bits per heavy atom. The number of likely N-dealkylation sites (N-methyl/N-ethyl adjacent to an activating group) is 1. The zero-order valence-corrected chi connectivity index (χ0v) is 15.5. The van der Waals surface area contributed by atoms with Gasteiger partial charge in [0, 0.05) is 20.1 Å².